The molecule has 1 saturated heterocycles. The third-order valence-electron chi connectivity index (χ3n) is 5.11. The third-order valence-corrected chi connectivity index (χ3v) is 5.11. The predicted octanol–water partition coefficient (Wildman–Crippen LogP) is 3.54. The van der Waals surface area contributed by atoms with Gasteiger partial charge in [0.25, 0.3) is 0 Å². The zero-order valence-electron chi connectivity index (χ0n) is 13.6. The molecule has 0 radical (unpaired) electrons. The van der Waals surface area contributed by atoms with Crippen LogP contribution in [0.5, 0.6) is 5.75 Å². The van der Waals surface area contributed by atoms with Crippen molar-refractivity contribution in [1.82, 2.24) is 4.90 Å². The molecule has 0 saturated carbocycles. The lowest BCUT2D eigenvalue weighted by Gasteiger charge is -2.40. The Bertz CT molecular complexity index is 490. The van der Waals surface area contributed by atoms with E-state index in [1.807, 2.05) is 0 Å². The fourth-order valence-electron chi connectivity index (χ4n) is 3.35. The van der Waals surface area contributed by atoms with Crippen LogP contribution in [0, 0.1) is 5.41 Å². The summed E-state index contributed by atoms with van der Waals surface area (Å²) in [6, 6.07) is 7.13. The molecule has 3 rings (SSSR count). The number of likely N-dealkylation sites (tertiary alicyclic amines) is 1. The zero-order valence-corrected chi connectivity index (χ0v) is 13.6. The number of rotatable bonds is 4. The Morgan fingerprint density at radius 2 is 2.05 bits per heavy atom. The zero-order chi connectivity index (χ0) is 14.9. The first kappa shape index (κ1) is 14.7. The largest absolute Gasteiger partial charge is 0.493 e. The minimum Gasteiger partial charge on any atom is -0.493 e. The maximum atomic E-state index is 6.12. The van der Waals surface area contributed by atoms with Crippen LogP contribution >= 0.6 is 0 Å². The van der Waals surface area contributed by atoms with Gasteiger partial charge in [-0.15, -0.1) is 0 Å². The van der Waals surface area contributed by atoms with Gasteiger partial charge >= 0.3 is 0 Å². The number of fused-ring (bicyclic) bond motifs is 1. The molecule has 21 heavy (non-hydrogen) atoms. The number of benzene rings is 1. The van der Waals surface area contributed by atoms with Crippen LogP contribution in [0.3, 0.4) is 0 Å². The fourth-order valence-corrected chi connectivity index (χ4v) is 3.35. The van der Waals surface area contributed by atoms with E-state index in [2.05, 4.69) is 49.2 Å². The van der Waals surface area contributed by atoms with Crippen molar-refractivity contribution >= 4 is 5.69 Å². The van der Waals surface area contributed by atoms with E-state index in [1.54, 1.807) is 0 Å². The normalized spacial score (nSPS) is 21.1. The Morgan fingerprint density at radius 3 is 2.76 bits per heavy atom. The van der Waals surface area contributed by atoms with Crippen LogP contribution in [0.15, 0.2) is 18.2 Å². The summed E-state index contributed by atoms with van der Waals surface area (Å²) in [6.07, 6.45) is 3.59. The summed E-state index contributed by atoms with van der Waals surface area (Å²) in [5.41, 5.74) is 2.99. The van der Waals surface area contributed by atoms with E-state index in [0.29, 0.717) is 11.5 Å². The van der Waals surface area contributed by atoms with Crippen molar-refractivity contribution in [3.8, 4) is 5.75 Å². The van der Waals surface area contributed by atoms with Gasteiger partial charge in [-0.1, -0.05) is 6.92 Å². The number of nitrogens with zero attached hydrogens (tertiary/aromatic N) is 1. The first-order chi connectivity index (χ1) is 10.1. The van der Waals surface area contributed by atoms with Crippen LogP contribution in [-0.4, -0.2) is 37.2 Å². The molecule has 0 aromatic heterocycles. The van der Waals surface area contributed by atoms with Crippen LogP contribution in [0.4, 0.5) is 5.69 Å². The molecule has 0 unspecified atom stereocenters. The predicted molar refractivity (Wildman–Crippen MR) is 88.2 cm³/mol. The SMILES string of the molecule is CC(C)N1CCC(C)(COc2ccc3c(c2)CCN3)CC1. The smallest absolute Gasteiger partial charge is 0.119 e. The summed E-state index contributed by atoms with van der Waals surface area (Å²) in [4.78, 5) is 2.57. The van der Waals surface area contributed by atoms with E-state index in [1.165, 1.54) is 37.2 Å². The molecule has 0 bridgehead atoms. The maximum absolute atomic E-state index is 6.12. The van der Waals surface area contributed by atoms with E-state index in [4.69, 9.17) is 4.74 Å². The van der Waals surface area contributed by atoms with Gasteiger partial charge in [-0.25, -0.2) is 0 Å². The van der Waals surface area contributed by atoms with E-state index in [-0.39, 0.29) is 0 Å². The number of hydrogen-bond acceptors (Lipinski definition) is 3. The van der Waals surface area contributed by atoms with Crippen molar-refractivity contribution in [1.29, 1.82) is 0 Å². The van der Waals surface area contributed by atoms with Gasteiger partial charge in [-0.3, -0.25) is 0 Å². The standard InChI is InChI=1S/C18H28N2O/c1-14(2)20-10-7-18(3,8-11-20)13-21-16-4-5-17-15(12-16)6-9-19-17/h4-5,12,14,19H,6-11,13H2,1-3H3. The Balaban J connectivity index is 1.55. The molecule has 0 amide bonds. The lowest BCUT2D eigenvalue weighted by atomic mass is 9.81. The first-order valence-electron chi connectivity index (χ1n) is 8.29. The molecule has 0 spiro atoms. The Hall–Kier alpha value is -1.22. The number of nitrogens with one attached hydrogen (secondary N) is 1. The average molecular weight is 288 g/mol. The van der Waals surface area contributed by atoms with Gasteiger partial charge in [-0.2, -0.15) is 0 Å². The van der Waals surface area contributed by atoms with Crippen molar-refractivity contribution in [2.75, 3.05) is 31.6 Å². The van der Waals surface area contributed by atoms with Gasteiger partial charge in [0.1, 0.15) is 5.75 Å². The van der Waals surface area contributed by atoms with Crippen LogP contribution < -0.4 is 10.1 Å². The highest BCUT2D eigenvalue weighted by Gasteiger charge is 2.31. The number of hydrogen-bond donors (Lipinski definition) is 1. The van der Waals surface area contributed by atoms with Gasteiger partial charge in [0.2, 0.25) is 0 Å². The van der Waals surface area contributed by atoms with E-state index >= 15 is 0 Å². The number of anilines is 1. The summed E-state index contributed by atoms with van der Waals surface area (Å²) in [5, 5.41) is 3.39. The molecular formula is C18H28N2O. The average Bonchev–Trinajstić information content (AvgIpc) is 2.93. The van der Waals surface area contributed by atoms with Gasteiger partial charge in [0, 0.05) is 23.7 Å². The summed E-state index contributed by atoms with van der Waals surface area (Å²) < 4.78 is 6.12. The van der Waals surface area contributed by atoms with Crippen LogP contribution in [0.2, 0.25) is 0 Å². The molecule has 1 fully saturated rings. The van der Waals surface area contributed by atoms with Crippen molar-refractivity contribution in [3.05, 3.63) is 23.8 Å². The molecule has 1 N–H and O–H groups in total. The summed E-state index contributed by atoms with van der Waals surface area (Å²) in [7, 11) is 0. The van der Waals surface area contributed by atoms with E-state index in [0.717, 1.165) is 25.3 Å². The molecule has 1 aromatic carbocycles. The fraction of sp³-hybridized carbons (Fsp3) is 0.667. The first-order valence-corrected chi connectivity index (χ1v) is 8.29. The van der Waals surface area contributed by atoms with Crippen molar-refractivity contribution in [2.45, 2.75) is 46.1 Å². The minimum absolute atomic E-state index is 0.322. The van der Waals surface area contributed by atoms with Gasteiger partial charge in [0.05, 0.1) is 6.61 Å². The topological polar surface area (TPSA) is 24.5 Å². The molecule has 2 aliphatic heterocycles. The maximum Gasteiger partial charge on any atom is 0.119 e. The molecule has 3 heteroatoms. The van der Waals surface area contributed by atoms with Crippen LogP contribution in [0.1, 0.15) is 39.2 Å². The van der Waals surface area contributed by atoms with Gasteiger partial charge in [-0.05, 0) is 70.0 Å². The molecule has 3 nitrogen and oxygen atoms in total. The quantitative estimate of drug-likeness (QED) is 0.917. The summed E-state index contributed by atoms with van der Waals surface area (Å²) >= 11 is 0. The third kappa shape index (κ3) is 3.34. The Kier molecular flexibility index (Phi) is 4.12. The summed E-state index contributed by atoms with van der Waals surface area (Å²) in [6.45, 7) is 11.2. The van der Waals surface area contributed by atoms with Crippen molar-refractivity contribution < 1.29 is 4.74 Å². The van der Waals surface area contributed by atoms with Crippen LogP contribution in [-0.2, 0) is 6.42 Å². The Morgan fingerprint density at radius 1 is 1.29 bits per heavy atom. The molecule has 116 valence electrons. The molecular weight excluding hydrogens is 260 g/mol. The second kappa shape index (κ2) is 5.88. The summed E-state index contributed by atoms with van der Waals surface area (Å²) in [5.74, 6) is 1.03. The van der Waals surface area contributed by atoms with Crippen LogP contribution in [0.25, 0.3) is 0 Å². The molecule has 0 aliphatic carbocycles. The van der Waals surface area contributed by atoms with E-state index in [9.17, 15) is 0 Å². The van der Waals surface area contributed by atoms with E-state index < -0.39 is 0 Å². The lowest BCUT2D eigenvalue weighted by Crippen LogP contribution is -2.44. The highest BCUT2D eigenvalue weighted by atomic mass is 16.5. The minimum atomic E-state index is 0.322. The highest BCUT2D eigenvalue weighted by molar-refractivity contribution is 5.57. The lowest BCUT2D eigenvalue weighted by molar-refractivity contribution is 0.0553. The molecule has 0 atom stereocenters. The molecule has 2 aliphatic rings. The monoisotopic (exact) mass is 288 g/mol. The Labute approximate surface area is 128 Å². The van der Waals surface area contributed by atoms with Crippen molar-refractivity contribution in [2.24, 2.45) is 5.41 Å². The molecule has 1 aromatic rings. The molecule has 2 heterocycles. The highest BCUT2D eigenvalue weighted by Crippen LogP contribution is 2.33. The van der Waals surface area contributed by atoms with Crippen molar-refractivity contribution in [3.63, 3.8) is 0 Å². The van der Waals surface area contributed by atoms with Gasteiger partial charge < -0.3 is 15.0 Å². The number of piperidine rings is 1. The second-order valence-corrected chi connectivity index (χ2v) is 7.22. The number of ether oxygens (including phenoxy) is 1. The second-order valence-electron chi connectivity index (χ2n) is 7.22. The van der Waals surface area contributed by atoms with Gasteiger partial charge in [0.15, 0.2) is 0 Å².